The molecule has 0 atom stereocenters. The van der Waals surface area contributed by atoms with Gasteiger partial charge in [0.05, 0.1) is 18.7 Å². The summed E-state index contributed by atoms with van der Waals surface area (Å²) in [5.41, 5.74) is 1.55. The van der Waals surface area contributed by atoms with Crippen molar-refractivity contribution in [2.45, 2.75) is 11.7 Å². The number of ether oxygens (including phenoxy) is 1. The molecular weight excluding hydrogens is 385 g/mol. The molecule has 4 nitrogen and oxygen atoms in total. The van der Waals surface area contributed by atoms with Gasteiger partial charge in [0.25, 0.3) is 0 Å². The summed E-state index contributed by atoms with van der Waals surface area (Å²) in [7, 11) is 0. The summed E-state index contributed by atoms with van der Waals surface area (Å²) in [6.07, 6.45) is 0. The van der Waals surface area contributed by atoms with E-state index in [1.807, 2.05) is 65.2 Å². The average molecular weight is 405 g/mol. The number of aromatic nitrogens is 3. The number of hydrogen-bond acceptors (Lipinski definition) is 4. The molecule has 0 unspecified atom stereocenters. The fraction of sp³-hybridized carbons (Fsp3) is 0.130. The fourth-order valence-electron chi connectivity index (χ4n) is 2.95. The Hall–Kier alpha value is -3.12. The second kappa shape index (κ2) is 9.39. The predicted octanol–water partition coefficient (Wildman–Crippen LogP) is 5.30. The van der Waals surface area contributed by atoms with Gasteiger partial charge in [0.1, 0.15) is 11.6 Å². The molecule has 0 bridgehead atoms. The molecule has 0 fully saturated rings. The van der Waals surface area contributed by atoms with E-state index in [0.717, 1.165) is 16.5 Å². The second-order valence-electron chi connectivity index (χ2n) is 6.37. The van der Waals surface area contributed by atoms with Crippen molar-refractivity contribution in [2.75, 3.05) is 12.4 Å². The predicted molar refractivity (Wildman–Crippen MR) is 114 cm³/mol. The largest absolute Gasteiger partial charge is 0.493 e. The highest BCUT2D eigenvalue weighted by Crippen LogP contribution is 2.27. The zero-order chi connectivity index (χ0) is 19.9. The molecule has 0 radical (unpaired) electrons. The Morgan fingerprint density at radius 3 is 2.28 bits per heavy atom. The van der Waals surface area contributed by atoms with Gasteiger partial charge in [-0.3, -0.25) is 4.57 Å². The van der Waals surface area contributed by atoms with Crippen LogP contribution in [0.1, 0.15) is 5.56 Å². The first-order chi connectivity index (χ1) is 14.3. The molecule has 29 heavy (non-hydrogen) atoms. The maximum atomic E-state index is 14.4. The molecule has 3 aromatic carbocycles. The molecule has 1 heterocycles. The molecule has 0 aliphatic heterocycles. The Kier molecular flexibility index (Phi) is 6.22. The third-order valence-electron chi connectivity index (χ3n) is 4.34. The van der Waals surface area contributed by atoms with Gasteiger partial charge in [-0.1, -0.05) is 72.4 Å². The van der Waals surface area contributed by atoms with Gasteiger partial charge in [0.15, 0.2) is 11.0 Å². The van der Waals surface area contributed by atoms with Crippen molar-refractivity contribution in [2.24, 2.45) is 0 Å². The lowest BCUT2D eigenvalue weighted by Gasteiger charge is -2.11. The molecule has 0 amide bonds. The van der Waals surface area contributed by atoms with Crippen LogP contribution in [0.4, 0.5) is 4.39 Å². The number of benzene rings is 3. The van der Waals surface area contributed by atoms with E-state index in [9.17, 15) is 4.39 Å². The van der Waals surface area contributed by atoms with Crippen LogP contribution in [-0.2, 0) is 6.54 Å². The second-order valence-corrected chi connectivity index (χ2v) is 7.43. The molecule has 6 heteroatoms. The van der Waals surface area contributed by atoms with Crippen molar-refractivity contribution in [3.8, 4) is 17.1 Å². The zero-order valence-corrected chi connectivity index (χ0v) is 16.6. The summed E-state index contributed by atoms with van der Waals surface area (Å²) in [6.45, 7) is 1.11. The van der Waals surface area contributed by atoms with Crippen LogP contribution in [0.5, 0.6) is 5.75 Å². The van der Waals surface area contributed by atoms with Crippen molar-refractivity contribution in [1.29, 1.82) is 0 Å². The van der Waals surface area contributed by atoms with E-state index < -0.39 is 0 Å². The van der Waals surface area contributed by atoms with Crippen molar-refractivity contribution < 1.29 is 9.13 Å². The summed E-state index contributed by atoms with van der Waals surface area (Å²) in [6, 6.07) is 26.4. The Morgan fingerprint density at radius 1 is 0.828 bits per heavy atom. The van der Waals surface area contributed by atoms with Crippen LogP contribution in [0, 0.1) is 5.82 Å². The minimum absolute atomic E-state index is 0.307. The van der Waals surface area contributed by atoms with E-state index in [4.69, 9.17) is 4.74 Å². The number of para-hydroxylation sites is 1. The van der Waals surface area contributed by atoms with Gasteiger partial charge in [-0.2, -0.15) is 0 Å². The quantitative estimate of drug-likeness (QED) is 0.294. The molecule has 1 aromatic heterocycles. The first-order valence-corrected chi connectivity index (χ1v) is 10.3. The van der Waals surface area contributed by atoms with Crippen LogP contribution in [0.15, 0.2) is 90.1 Å². The Labute approximate surface area is 173 Å². The maximum Gasteiger partial charge on any atom is 0.191 e. The highest BCUT2D eigenvalue weighted by atomic mass is 32.2. The van der Waals surface area contributed by atoms with E-state index >= 15 is 0 Å². The lowest BCUT2D eigenvalue weighted by atomic mass is 10.2. The molecule has 4 aromatic rings. The smallest absolute Gasteiger partial charge is 0.191 e. The van der Waals surface area contributed by atoms with Crippen molar-refractivity contribution in [3.63, 3.8) is 0 Å². The fourth-order valence-corrected chi connectivity index (χ4v) is 3.71. The van der Waals surface area contributed by atoms with Crippen LogP contribution >= 0.6 is 11.8 Å². The van der Waals surface area contributed by atoms with E-state index in [0.29, 0.717) is 30.3 Å². The Bertz CT molecular complexity index is 1050. The minimum Gasteiger partial charge on any atom is -0.493 e. The van der Waals surface area contributed by atoms with Gasteiger partial charge < -0.3 is 4.74 Å². The molecule has 4 rings (SSSR count). The lowest BCUT2D eigenvalue weighted by molar-refractivity contribution is 0.344. The van der Waals surface area contributed by atoms with E-state index in [2.05, 4.69) is 10.2 Å². The molecular formula is C23H20FN3OS. The maximum absolute atomic E-state index is 14.4. The number of thioether (sulfide) groups is 1. The summed E-state index contributed by atoms with van der Waals surface area (Å²) in [5, 5.41) is 9.36. The summed E-state index contributed by atoms with van der Waals surface area (Å²) in [4.78, 5) is 0. The number of hydrogen-bond donors (Lipinski definition) is 0. The molecule has 0 N–H and O–H groups in total. The van der Waals surface area contributed by atoms with Crippen LogP contribution in [0.3, 0.4) is 0 Å². The Balaban J connectivity index is 1.54. The SMILES string of the molecule is Fc1ccccc1-c1nnc(SCCOc2ccccc2)n1Cc1ccccc1. The van der Waals surface area contributed by atoms with Crippen LogP contribution < -0.4 is 4.74 Å². The van der Waals surface area contributed by atoms with Gasteiger partial charge >= 0.3 is 0 Å². The number of rotatable bonds is 8. The number of nitrogens with zero attached hydrogens (tertiary/aromatic N) is 3. The number of halogens is 1. The summed E-state index contributed by atoms with van der Waals surface area (Å²) < 4.78 is 22.1. The molecule has 0 aliphatic rings. The first kappa shape index (κ1) is 19.2. The third kappa shape index (κ3) is 4.84. The van der Waals surface area contributed by atoms with Crippen LogP contribution in [-0.4, -0.2) is 27.1 Å². The first-order valence-electron chi connectivity index (χ1n) is 9.34. The lowest BCUT2D eigenvalue weighted by Crippen LogP contribution is -2.06. The Morgan fingerprint density at radius 2 is 1.52 bits per heavy atom. The summed E-state index contributed by atoms with van der Waals surface area (Å²) >= 11 is 1.55. The molecule has 0 spiro atoms. The van der Waals surface area contributed by atoms with E-state index in [1.165, 1.54) is 6.07 Å². The normalized spacial score (nSPS) is 10.8. The highest BCUT2D eigenvalue weighted by molar-refractivity contribution is 7.99. The van der Waals surface area contributed by atoms with E-state index in [1.54, 1.807) is 30.0 Å². The van der Waals surface area contributed by atoms with Gasteiger partial charge in [-0.15, -0.1) is 10.2 Å². The van der Waals surface area contributed by atoms with Crippen molar-refractivity contribution >= 4 is 11.8 Å². The van der Waals surface area contributed by atoms with Crippen molar-refractivity contribution in [3.05, 3.63) is 96.3 Å². The topological polar surface area (TPSA) is 39.9 Å². The molecule has 146 valence electrons. The van der Waals surface area contributed by atoms with Gasteiger partial charge in [-0.05, 0) is 29.8 Å². The third-order valence-corrected chi connectivity index (χ3v) is 5.27. The van der Waals surface area contributed by atoms with Crippen LogP contribution in [0.2, 0.25) is 0 Å². The van der Waals surface area contributed by atoms with Gasteiger partial charge in [-0.25, -0.2) is 4.39 Å². The standard InChI is InChI=1S/C23H20FN3OS/c24-21-14-8-7-13-20(21)22-25-26-23(27(22)17-18-9-3-1-4-10-18)29-16-15-28-19-11-5-2-6-12-19/h1-14H,15-17H2. The van der Waals surface area contributed by atoms with Gasteiger partial charge in [0.2, 0.25) is 0 Å². The van der Waals surface area contributed by atoms with Gasteiger partial charge in [0, 0.05) is 5.75 Å². The molecule has 0 aliphatic carbocycles. The average Bonchev–Trinajstić information content (AvgIpc) is 3.15. The zero-order valence-electron chi connectivity index (χ0n) is 15.7. The monoisotopic (exact) mass is 405 g/mol. The molecule has 0 saturated heterocycles. The summed E-state index contributed by atoms with van der Waals surface area (Å²) in [5.74, 6) is 1.77. The molecule has 0 saturated carbocycles. The highest BCUT2D eigenvalue weighted by Gasteiger charge is 2.17. The van der Waals surface area contributed by atoms with Crippen LogP contribution in [0.25, 0.3) is 11.4 Å². The minimum atomic E-state index is -0.307. The van der Waals surface area contributed by atoms with Crippen molar-refractivity contribution in [1.82, 2.24) is 14.8 Å². The van der Waals surface area contributed by atoms with E-state index in [-0.39, 0.29) is 5.82 Å².